The second-order valence-electron chi connectivity index (χ2n) is 7.35. The first-order chi connectivity index (χ1) is 11.5. The summed E-state index contributed by atoms with van der Waals surface area (Å²) in [7, 11) is 0. The Morgan fingerprint density at radius 1 is 0.880 bits per heavy atom. The number of carbonyl (C=O) groups excluding carboxylic acids is 4. The second kappa shape index (κ2) is 11.0. The predicted molar refractivity (Wildman–Crippen MR) is 97.9 cm³/mol. The van der Waals surface area contributed by atoms with Crippen LogP contribution in [-0.2, 0) is 19.2 Å². The molecule has 0 aromatic heterocycles. The maximum Gasteiger partial charge on any atom is 0.220 e. The molecule has 1 unspecified atom stereocenters. The average molecular weight is 354 g/mol. The molecule has 0 bridgehead atoms. The van der Waals surface area contributed by atoms with Crippen LogP contribution < -0.4 is 10.6 Å². The Balaban J connectivity index is 4.63. The molecule has 0 fully saturated rings. The maximum atomic E-state index is 12.3. The van der Waals surface area contributed by atoms with Gasteiger partial charge in [-0.1, -0.05) is 41.5 Å². The monoisotopic (exact) mass is 354 g/mol. The number of carbonyl (C=O) groups is 4. The first-order valence-corrected chi connectivity index (χ1v) is 9.15. The molecule has 6 nitrogen and oxygen atoms in total. The minimum atomic E-state index is -0.513. The highest BCUT2D eigenvalue weighted by Gasteiger charge is 2.27. The zero-order valence-corrected chi connectivity index (χ0v) is 16.6. The van der Waals surface area contributed by atoms with Crippen molar-refractivity contribution < 1.29 is 19.2 Å². The van der Waals surface area contributed by atoms with Gasteiger partial charge in [0.05, 0.1) is 12.1 Å². The Morgan fingerprint density at radius 3 is 1.84 bits per heavy atom. The fourth-order valence-corrected chi connectivity index (χ4v) is 2.62. The molecule has 0 aromatic carbocycles. The number of hydrogen-bond donors (Lipinski definition) is 2. The Hall–Kier alpha value is -1.72. The molecule has 0 saturated heterocycles. The summed E-state index contributed by atoms with van der Waals surface area (Å²) >= 11 is 0. The van der Waals surface area contributed by atoms with Gasteiger partial charge in [-0.2, -0.15) is 0 Å². The minimum absolute atomic E-state index is 0.0159. The van der Waals surface area contributed by atoms with Crippen molar-refractivity contribution in [3.63, 3.8) is 0 Å². The van der Waals surface area contributed by atoms with E-state index in [-0.39, 0.29) is 47.6 Å². The number of Topliss-reactive ketones (excluding diaryl/α,β-unsaturated/α-hetero) is 2. The molecule has 0 radical (unpaired) electrons. The maximum absolute atomic E-state index is 12.3. The van der Waals surface area contributed by atoms with Crippen molar-refractivity contribution >= 4 is 23.4 Å². The molecule has 0 aliphatic heterocycles. The van der Waals surface area contributed by atoms with E-state index >= 15 is 0 Å². The van der Waals surface area contributed by atoms with Gasteiger partial charge in [0.15, 0.2) is 11.6 Å². The van der Waals surface area contributed by atoms with Gasteiger partial charge in [-0.3, -0.25) is 19.2 Å². The summed E-state index contributed by atoms with van der Waals surface area (Å²) in [5, 5.41) is 5.44. The Morgan fingerprint density at radius 2 is 1.44 bits per heavy atom. The van der Waals surface area contributed by atoms with Crippen molar-refractivity contribution in [1.29, 1.82) is 0 Å². The molecule has 2 N–H and O–H groups in total. The van der Waals surface area contributed by atoms with Crippen LogP contribution in [0.5, 0.6) is 0 Å². The molecule has 0 rings (SSSR count). The Kier molecular flexibility index (Phi) is 10.2. The lowest BCUT2D eigenvalue weighted by Crippen LogP contribution is -2.46. The fraction of sp³-hybridized carbons (Fsp3) is 0.789. The van der Waals surface area contributed by atoms with Crippen LogP contribution in [0.2, 0.25) is 0 Å². The van der Waals surface area contributed by atoms with Crippen LogP contribution in [0.25, 0.3) is 0 Å². The summed E-state index contributed by atoms with van der Waals surface area (Å²) in [5.74, 6) is -0.968. The Bertz CT molecular complexity index is 486. The molecule has 0 aliphatic rings. The largest absolute Gasteiger partial charge is 0.347 e. The van der Waals surface area contributed by atoms with Crippen molar-refractivity contribution in [2.75, 3.05) is 0 Å². The molecule has 2 amide bonds. The smallest absolute Gasteiger partial charge is 0.220 e. The van der Waals surface area contributed by atoms with Gasteiger partial charge in [0.25, 0.3) is 0 Å². The summed E-state index contributed by atoms with van der Waals surface area (Å²) in [5.41, 5.74) is 0. The lowest BCUT2D eigenvalue weighted by molar-refractivity contribution is -0.131. The summed E-state index contributed by atoms with van der Waals surface area (Å²) < 4.78 is 0. The molecule has 25 heavy (non-hydrogen) atoms. The average Bonchev–Trinajstić information content (AvgIpc) is 2.53. The van der Waals surface area contributed by atoms with E-state index < -0.39 is 12.1 Å². The van der Waals surface area contributed by atoms with Crippen LogP contribution in [-0.4, -0.2) is 35.5 Å². The molecule has 3 atom stereocenters. The molecule has 0 heterocycles. The van der Waals surface area contributed by atoms with Gasteiger partial charge in [0.1, 0.15) is 0 Å². The van der Waals surface area contributed by atoms with Gasteiger partial charge in [-0.05, 0) is 18.8 Å². The zero-order valence-electron chi connectivity index (χ0n) is 16.6. The standard InChI is InChI=1S/C19H34N2O4/c1-8-15(20-14(7)22)19(25)13(6)9-10-16(23)21-17(11(2)3)18(24)12(4)5/h11-13,15,17H,8-10H2,1-7H3,(H,20,22)(H,21,23)/t13?,15-,17-/m0/s1. The van der Waals surface area contributed by atoms with E-state index in [0.717, 1.165) is 0 Å². The van der Waals surface area contributed by atoms with Crippen molar-refractivity contribution in [3.05, 3.63) is 0 Å². The fourth-order valence-electron chi connectivity index (χ4n) is 2.62. The van der Waals surface area contributed by atoms with Crippen molar-refractivity contribution in [1.82, 2.24) is 10.6 Å². The lowest BCUT2D eigenvalue weighted by atomic mass is 9.91. The quantitative estimate of drug-likeness (QED) is 0.595. The topological polar surface area (TPSA) is 92.3 Å². The van der Waals surface area contributed by atoms with Gasteiger partial charge in [-0.15, -0.1) is 0 Å². The molecule has 6 heteroatoms. The van der Waals surface area contributed by atoms with Gasteiger partial charge in [-0.25, -0.2) is 0 Å². The van der Waals surface area contributed by atoms with Gasteiger partial charge >= 0.3 is 0 Å². The molecule has 144 valence electrons. The summed E-state index contributed by atoms with van der Waals surface area (Å²) in [4.78, 5) is 47.9. The second-order valence-corrected chi connectivity index (χ2v) is 7.35. The minimum Gasteiger partial charge on any atom is -0.347 e. The third-order valence-corrected chi connectivity index (χ3v) is 4.28. The number of ketones is 2. The summed E-state index contributed by atoms with van der Waals surface area (Å²) in [6, 6.07) is -1.01. The SMILES string of the molecule is CC[C@H](NC(C)=O)C(=O)C(C)CCC(=O)N[C@H](C(=O)C(C)C)C(C)C. The number of rotatable bonds is 11. The zero-order chi connectivity index (χ0) is 19.7. The number of amides is 2. The van der Waals surface area contributed by atoms with Gasteiger partial charge < -0.3 is 10.6 Å². The molecule has 0 aliphatic carbocycles. The van der Waals surface area contributed by atoms with Crippen molar-refractivity contribution in [3.8, 4) is 0 Å². The van der Waals surface area contributed by atoms with E-state index in [4.69, 9.17) is 0 Å². The van der Waals surface area contributed by atoms with E-state index in [0.29, 0.717) is 12.8 Å². The number of hydrogen-bond acceptors (Lipinski definition) is 4. The van der Waals surface area contributed by atoms with Crippen LogP contribution in [0.1, 0.15) is 67.7 Å². The van der Waals surface area contributed by atoms with Crippen LogP contribution in [0.3, 0.4) is 0 Å². The number of nitrogens with one attached hydrogen (secondary N) is 2. The highest BCUT2D eigenvalue weighted by molar-refractivity contribution is 5.91. The first kappa shape index (κ1) is 23.3. The van der Waals surface area contributed by atoms with Crippen LogP contribution >= 0.6 is 0 Å². The van der Waals surface area contributed by atoms with Gasteiger partial charge in [0, 0.05) is 25.2 Å². The first-order valence-electron chi connectivity index (χ1n) is 9.15. The molecular weight excluding hydrogens is 320 g/mol. The Labute approximate surface area is 151 Å². The van der Waals surface area contributed by atoms with E-state index in [2.05, 4.69) is 10.6 Å². The lowest BCUT2D eigenvalue weighted by Gasteiger charge is -2.23. The predicted octanol–water partition coefficient (Wildman–Crippen LogP) is 2.25. The van der Waals surface area contributed by atoms with E-state index in [1.165, 1.54) is 6.92 Å². The summed E-state index contributed by atoms with van der Waals surface area (Å²) in [6.07, 6.45) is 1.09. The van der Waals surface area contributed by atoms with Crippen LogP contribution in [0.4, 0.5) is 0 Å². The van der Waals surface area contributed by atoms with Crippen LogP contribution in [0.15, 0.2) is 0 Å². The van der Waals surface area contributed by atoms with E-state index in [1.54, 1.807) is 6.92 Å². The van der Waals surface area contributed by atoms with Crippen molar-refractivity contribution in [2.24, 2.45) is 17.8 Å². The molecule has 0 aromatic rings. The third-order valence-electron chi connectivity index (χ3n) is 4.28. The van der Waals surface area contributed by atoms with Crippen molar-refractivity contribution in [2.45, 2.75) is 79.8 Å². The van der Waals surface area contributed by atoms with Gasteiger partial charge in [0.2, 0.25) is 11.8 Å². The molecular formula is C19H34N2O4. The highest BCUT2D eigenvalue weighted by Crippen LogP contribution is 2.13. The summed E-state index contributed by atoms with van der Waals surface area (Å²) in [6.45, 7) is 12.4. The highest BCUT2D eigenvalue weighted by atomic mass is 16.2. The normalized spacial score (nSPS) is 14.8. The molecule has 0 saturated carbocycles. The molecule has 0 spiro atoms. The third kappa shape index (κ3) is 8.27. The van der Waals surface area contributed by atoms with Crippen LogP contribution in [0, 0.1) is 17.8 Å². The van der Waals surface area contributed by atoms with E-state index in [9.17, 15) is 19.2 Å². The van der Waals surface area contributed by atoms with E-state index in [1.807, 2.05) is 34.6 Å².